The maximum Gasteiger partial charge on any atom is 0.417 e. The number of carbonyl (C=O) groups excluding carboxylic acids is 2. The van der Waals surface area contributed by atoms with E-state index in [0.717, 1.165) is 6.07 Å². The topological polar surface area (TPSA) is 71.3 Å². The van der Waals surface area contributed by atoms with Gasteiger partial charge in [-0.15, -0.1) is 0 Å². The number of carbonyl (C=O) groups is 2. The number of anilines is 1. The molecule has 9 heteroatoms. The summed E-state index contributed by atoms with van der Waals surface area (Å²) < 4.78 is 43.0. The minimum Gasteiger partial charge on any atom is -0.459 e. The van der Waals surface area contributed by atoms with E-state index in [9.17, 15) is 22.8 Å². The second-order valence-corrected chi connectivity index (χ2v) is 4.81. The molecule has 0 atom stereocenters. The summed E-state index contributed by atoms with van der Waals surface area (Å²) in [4.78, 5) is 23.2. The molecule has 122 valence electrons. The van der Waals surface area contributed by atoms with E-state index in [0.29, 0.717) is 6.07 Å². The van der Waals surface area contributed by atoms with Crippen LogP contribution >= 0.6 is 11.6 Å². The predicted molar refractivity (Wildman–Crippen MR) is 76.1 cm³/mol. The van der Waals surface area contributed by atoms with Crippen LogP contribution in [0.5, 0.6) is 0 Å². The lowest BCUT2D eigenvalue weighted by Gasteiger charge is -2.12. The maximum absolute atomic E-state index is 12.7. The Balaban J connectivity index is 1.97. The highest BCUT2D eigenvalue weighted by Crippen LogP contribution is 2.36. The molecule has 1 heterocycles. The first-order valence-electron chi connectivity index (χ1n) is 6.25. The van der Waals surface area contributed by atoms with Crippen molar-refractivity contribution in [3.05, 3.63) is 52.9 Å². The van der Waals surface area contributed by atoms with E-state index >= 15 is 0 Å². The Labute approximate surface area is 133 Å². The van der Waals surface area contributed by atoms with Crippen molar-refractivity contribution >= 4 is 29.1 Å². The van der Waals surface area contributed by atoms with Crippen LogP contribution in [0, 0.1) is 0 Å². The zero-order valence-corrected chi connectivity index (χ0v) is 12.2. The first kappa shape index (κ1) is 16.9. The van der Waals surface area contributed by atoms with Gasteiger partial charge in [0.05, 0.1) is 23.4 Å². The van der Waals surface area contributed by atoms with Crippen LogP contribution in [0.2, 0.25) is 5.02 Å². The molecular formula is C14H10ClF3N2O3. The second-order valence-electron chi connectivity index (χ2n) is 4.40. The molecular weight excluding hydrogens is 337 g/mol. The summed E-state index contributed by atoms with van der Waals surface area (Å²) in [6, 6.07) is 5.88. The van der Waals surface area contributed by atoms with Crippen LogP contribution in [-0.4, -0.2) is 18.4 Å². The largest absolute Gasteiger partial charge is 0.459 e. The first-order valence-corrected chi connectivity index (χ1v) is 6.63. The fourth-order valence-corrected chi connectivity index (χ4v) is 1.91. The molecule has 5 nitrogen and oxygen atoms in total. The summed E-state index contributed by atoms with van der Waals surface area (Å²) in [6.07, 6.45) is -3.34. The molecule has 23 heavy (non-hydrogen) atoms. The van der Waals surface area contributed by atoms with E-state index in [1.54, 1.807) is 0 Å². The summed E-state index contributed by atoms with van der Waals surface area (Å²) in [5.41, 5.74) is -1.14. The average molecular weight is 347 g/mol. The van der Waals surface area contributed by atoms with Crippen LogP contribution in [-0.2, 0) is 11.0 Å². The Morgan fingerprint density at radius 2 is 1.96 bits per heavy atom. The second kappa shape index (κ2) is 6.74. The summed E-state index contributed by atoms with van der Waals surface area (Å²) in [5.74, 6) is -1.29. The van der Waals surface area contributed by atoms with Gasteiger partial charge in [0.2, 0.25) is 5.91 Å². The van der Waals surface area contributed by atoms with Crippen LogP contribution in [0.1, 0.15) is 16.1 Å². The Bertz CT molecular complexity index is 715. The molecule has 0 aliphatic heterocycles. The SMILES string of the molecule is O=C(CNC(=O)c1ccco1)Nc1ccc(Cl)c(C(F)(F)F)c1. The first-order chi connectivity index (χ1) is 10.8. The van der Waals surface area contributed by atoms with Crippen molar-refractivity contribution < 1.29 is 27.2 Å². The molecule has 1 aromatic heterocycles. The fraction of sp³-hybridized carbons (Fsp3) is 0.143. The number of hydrogen-bond donors (Lipinski definition) is 2. The molecule has 0 unspecified atom stereocenters. The van der Waals surface area contributed by atoms with Crippen molar-refractivity contribution in [3.8, 4) is 0 Å². The standard InChI is InChI=1S/C14H10ClF3N2O3/c15-10-4-3-8(6-9(10)14(16,17)18)20-12(21)7-19-13(22)11-2-1-5-23-11/h1-6H,7H2,(H,19,22)(H,20,21). The van der Waals surface area contributed by atoms with Crippen molar-refractivity contribution in [1.29, 1.82) is 0 Å². The fourth-order valence-electron chi connectivity index (χ4n) is 1.68. The van der Waals surface area contributed by atoms with Gasteiger partial charge in [0.1, 0.15) is 0 Å². The zero-order chi connectivity index (χ0) is 17.0. The molecule has 2 N–H and O–H groups in total. The number of furan rings is 1. The van der Waals surface area contributed by atoms with Crippen molar-refractivity contribution in [3.63, 3.8) is 0 Å². The van der Waals surface area contributed by atoms with Gasteiger partial charge in [0.15, 0.2) is 5.76 Å². The molecule has 0 spiro atoms. The molecule has 2 amide bonds. The highest BCUT2D eigenvalue weighted by atomic mass is 35.5. The number of nitrogens with one attached hydrogen (secondary N) is 2. The number of alkyl halides is 3. The third-order valence-electron chi connectivity index (χ3n) is 2.71. The van der Waals surface area contributed by atoms with Gasteiger partial charge in [-0.05, 0) is 30.3 Å². The Morgan fingerprint density at radius 1 is 1.22 bits per heavy atom. The highest BCUT2D eigenvalue weighted by Gasteiger charge is 2.33. The minimum atomic E-state index is -4.63. The number of halogens is 4. The Hall–Kier alpha value is -2.48. The summed E-state index contributed by atoms with van der Waals surface area (Å²) in [7, 11) is 0. The molecule has 0 aliphatic rings. The van der Waals surface area contributed by atoms with Crippen LogP contribution in [0.4, 0.5) is 18.9 Å². The minimum absolute atomic E-state index is 0.0173. The number of hydrogen-bond acceptors (Lipinski definition) is 3. The third-order valence-corrected chi connectivity index (χ3v) is 3.04. The summed E-state index contributed by atoms with van der Waals surface area (Å²) in [5, 5.41) is 4.04. The lowest BCUT2D eigenvalue weighted by molar-refractivity contribution is -0.137. The van der Waals surface area contributed by atoms with E-state index < -0.39 is 35.1 Å². The van der Waals surface area contributed by atoms with Gasteiger partial charge in [-0.3, -0.25) is 9.59 Å². The van der Waals surface area contributed by atoms with E-state index in [1.807, 2.05) is 0 Å². The third kappa shape index (κ3) is 4.49. The monoisotopic (exact) mass is 346 g/mol. The molecule has 0 aliphatic carbocycles. The maximum atomic E-state index is 12.7. The highest BCUT2D eigenvalue weighted by molar-refractivity contribution is 6.31. The quantitative estimate of drug-likeness (QED) is 0.892. The van der Waals surface area contributed by atoms with Crippen molar-refractivity contribution in [2.45, 2.75) is 6.18 Å². The molecule has 2 rings (SSSR count). The Morgan fingerprint density at radius 3 is 2.57 bits per heavy atom. The smallest absolute Gasteiger partial charge is 0.417 e. The number of benzene rings is 1. The lowest BCUT2D eigenvalue weighted by atomic mass is 10.2. The van der Waals surface area contributed by atoms with Crippen LogP contribution < -0.4 is 10.6 Å². The molecule has 0 fully saturated rings. The Kier molecular flexibility index (Phi) is 4.95. The van der Waals surface area contributed by atoms with E-state index in [-0.39, 0.29) is 11.4 Å². The summed E-state index contributed by atoms with van der Waals surface area (Å²) >= 11 is 5.48. The molecule has 0 radical (unpaired) electrons. The van der Waals surface area contributed by atoms with Gasteiger partial charge in [0.25, 0.3) is 5.91 Å². The van der Waals surface area contributed by atoms with Crippen LogP contribution in [0.3, 0.4) is 0 Å². The van der Waals surface area contributed by atoms with Crippen LogP contribution in [0.15, 0.2) is 41.0 Å². The number of rotatable bonds is 4. The van der Waals surface area contributed by atoms with Crippen molar-refractivity contribution in [2.75, 3.05) is 11.9 Å². The molecule has 1 aromatic carbocycles. The molecule has 0 bridgehead atoms. The van der Waals surface area contributed by atoms with Crippen LogP contribution in [0.25, 0.3) is 0 Å². The zero-order valence-electron chi connectivity index (χ0n) is 11.4. The van der Waals surface area contributed by atoms with Gasteiger partial charge in [-0.25, -0.2) is 0 Å². The van der Waals surface area contributed by atoms with Gasteiger partial charge in [-0.1, -0.05) is 11.6 Å². The van der Waals surface area contributed by atoms with E-state index in [2.05, 4.69) is 10.6 Å². The lowest BCUT2D eigenvalue weighted by Crippen LogP contribution is -2.32. The van der Waals surface area contributed by atoms with Gasteiger partial charge in [0, 0.05) is 5.69 Å². The van der Waals surface area contributed by atoms with Crippen molar-refractivity contribution in [1.82, 2.24) is 5.32 Å². The van der Waals surface area contributed by atoms with Gasteiger partial charge < -0.3 is 15.1 Å². The predicted octanol–water partition coefficient (Wildman–Crippen LogP) is 3.32. The normalized spacial score (nSPS) is 11.1. The molecule has 0 saturated carbocycles. The average Bonchev–Trinajstić information content (AvgIpc) is 3.00. The summed E-state index contributed by atoms with van der Waals surface area (Å²) in [6.45, 7) is -0.427. The van der Waals surface area contributed by atoms with Gasteiger partial charge in [-0.2, -0.15) is 13.2 Å². The van der Waals surface area contributed by atoms with Gasteiger partial charge >= 0.3 is 6.18 Å². The molecule has 2 aromatic rings. The number of amides is 2. The van der Waals surface area contributed by atoms with E-state index in [1.165, 1.54) is 24.5 Å². The van der Waals surface area contributed by atoms with E-state index in [4.69, 9.17) is 16.0 Å². The molecule has 0 saturated heterocycles. The van der Waals surface area contributed by atoms with Crippen molar-refractivity contribution in [2.24, 2.45) is 0 Å².